The van der Waals surface area contributed by atoms with Crippen molar-refractivity contribution < 1.29 is 18.7 Å². The van der Waals surface area contributed by atoms with Crippen LogP contribution in [0.5, 0.6) is 5.75 Å². The van der Waals surface area contributed by atoms with E-state index in [1.54, 1.807) is 37.3 Å². The van der Waals surface area contributed by atoms with E-state index in [4.69, 9.17) is 20.7 Å². The highest BCUT2D eigenvalue weighted by atomic mass is 16.5. The van der Waals surface area contributed by atoms with Gasteiger partial charge in [-0.2, -0.15) is 0 Å². The lowest BCUT2D eigenvalue weighted by Crippen LogP contribution is -2.30. The van der Waals surface area contributed by atoms with Crippen molar-refractivity contribution in [3.05, 3.63) is 53.0 Å². The van der Waals surface area contributed by atoms with Gasteiger partial charge in [0.05, 0.1) is 0 Å². The molecule has 1 heterocycles. The Morgan fingerprint density at radius 1 is 1.29 bits per heavy atom. The van der Waals surface area contributed by atoms with E-state index in [0.717, 1.165) is 0 Å². The molecule has 5 N–H and O–H groups in total. The number of carbonyl (C=O) groups is 2. The lowest BCUT2D eigenvalue weighted by Gasteiger charge is -2.04. The van der Waals surface area contributed by atoms with Crippen molar-refractivity contribution in [2.24, 2.45) is 11.6 Å². The van der Waals surface area contributed by atoms with Gasteiger partial charge in [-0.05, 0) is 37.3 Å². The number of carbonyl (C=O) groups excluding carboxylic acids is 2. The Morgan fingerprint density at radius 3 is 2.52 bits per heavy atom. The van der Waals surface area contributed by atoms with Gasteiger partial charge in [-0.3, -0.25) is 15.0 Å². The molecular weight excluding hydrogens is 274 g/mol. The summed E-state index contributed by atoms with van der Waals surface area (Å²) in [6.45, 7) is 1.88. The number of rotatable bonds is 5. The summed E-state index contributed by atoms with van der Waals surface area (Å²) in [5, 5.41) is 0. The molecule has 0 unspecified atom stereocenters. The fraction of sp³-hybridized carbons (Fsp3) is 0.143. The van der Waals surface area contributed by atoms with Crippen molar-refractivity contribution in [1.29, 1.82) is 0 Å². The second-order valence-corrected chi connectivity index (χ2v) is 4.38. The number of hydrogen-bond acceptors (Lipinski definition) is 5. The fourth-order valence-electron chi connectivity index (χ4n) is 1.78. The molecule has 0 saturated heterocycles. The number of benzene rings is 1. The van der Waals surface area contributed by atoms with Crippen LogP contribution in [-0.4, -0.2) is 11.8 Å². The molecule has 21 heavy (non-hydrogen) atoms. The molecule has 0 saturated carbocycles. The SMILES string of the molecule is Cc1cc(COc2ccc(C(N)=O)cc2)oc1C(=O)NN. The standard InChI is InChI=1S/C14H15N3O4/c1-8-6-11(21-12(8)14(19)17-16)7-20-10-4-2-9(3-5-10)13(15)18/h2-6H,7,16H2,1H3,(H2,15,18)(H,17,19). The van der Waals surface area contributed by atoms with Crippen LogP contribution in [0.1, 0.15) is 32.2 Å². The highest BCUT2D eigenvalue weighted by Gasteiger charge is 2.14. The lowest BCUT2D eigenvalue weighted by molar-refractivity contribution is 0.0920. The molecule has 0 atom stereocenters. The molecule has 7 heteroatoms. The molecule has 2 aromatic rings. The van der Waals surface area contributed by atoms with E-state index in [2.05, 4.69) is 0 Å². The van der Waals surface area contributed by atoms with E-state index in [0.29, 0.717) is 22.6 Å². The van der Waals surface area contributed by atoms with E-state index in [1.165, 1.54) is 0 Å². The van der Waals surface area contributed by atoms with Gasteiger partial charge in [-0.15, -0.1) is 0 Å². The monoisotopic (exact) mass is 289 g/mol. The number of amides is 2. The average Bonchev–Trinajstić information content (AvgIpc) is 2.86. The third kappa shape index (κ3) is 3.40. The van der Waals surface area contributed by atoms with Gasteiger partial charge in [-0.25, -0.2) is 5.84 Å². The Labute approximate surface area is 120 Å². The second kappa shape index (κ2) is 6.10. The molecule has 7 nitrogen and oxygen atoms in total. The average molecular weight is 289 g/mol. The number of hydrazine groups is 1. The second-order valence-electron chi connectivity index (χ2n) is 4.38. The highest BCUT2D eigenvalue weighted by molar-refractivity contribution is 5.93. The topological polar surface area (TPSA) is 121 Å². The van der Waals surface area contributed by atoms with Crippen LogP contribution < -0.4 is 21.7 Å². The lowest BCUT2D eigenvalue weighted by atomic mass is 10.2. The van der Waals surface area contributed by atoms with E-state index >= 15 is 0 Å². The van der Waals surface area contributed by atoms with Crippen LogP contribution in [0.2, 0.25) is 0 Å². The number of hydrogen-bond donors (Lipinski definition) is 3. The minimum absolute atomic E-state index is 0.147. The van der Waals surface area contributed by atoms with Gasteiger partial charge < -0.3 is 14.9 Å². The molecule has 2 amide bonds. The number of furan rings is 1. The largest absolute Gasteiger partial charge is 0.486 e. The first-order valence-electron chi connectivity index (χ1n) is 6.14. The van der Waals surface area contributed by atoms with E-state index in [-0.39, 0.29) is 12.4 Å². The van der Waals surface area contributed by atoms with E-state index in [1.807, 2.05) is 5.43 Å². The zero-order chi connectivity index (χ0) is 15.4. The molecule has 0 spiro atoms. The number of nitrogens with one attached hydrogen (secondary N) is 1. The maximum Gasteiger partial charge on any atom is 0.301 e. The Balaban J connectivity index is 2.03. The Morgan fingerprint density at radius 2 is 1.95 bits per heavy atom. The molecule has 0 aliphatic carbocycles. The molecule has 0 aliphatic heterocycles. The van der Waals surface area contributed by atoms with E-state index < -0.39 is 11.8 Å². The maximum atomic E-state index is 11.4. The van der Waals surface area contributed by atoms with E-state index in [9.17, 15) is 9.59 Å². The van der Waals surface area contributed by atoms with Crippen molar-refractivity contribution in [1.82, 2.24) is 5.43 Å². The summed E-state index contributed by atoms with van der Waals surface area (Å²) in [5.41, 5.74) is 8.22. The number of nitrogens with two attached hydrogens (primary N) is 2. The van der Waals surface area contributed by atoms with Gasteiger partial charge >= 0.3 is 5.91 Å². The van der Waals surface area contributed by atoms with Crippen LogP contribution >= 0.6 is 0 Å². The first kappa shape index (κ1) is 14.6. The number of aryl methyl sites for hydroxylation is 1. The molecular formula is C14H15N3O4. The summed E-state index contributed by atoms with van der Waals surface area (Å²) in [6.07, 6.45) is 0. The molecule has 110 valence electrons. The first-order chi connectivity index (χ1) is 10.0. The number of primary amides is 1. The third-order valence-electron chi connectivity index (χ3n) is 2.83. The fourth-order valence-corrected chi connectivity index (χ4v) is 1.78. The first-order valence-corrected chi connectivity index (χ1v) is 6.14. The molecule has 0 radical (unpaired) electrons. The van der Waals surface area contributed by atoms with Crippen molar-refractivity contribution in [3.8, 4) is 5.75 Å². The van der Waals surface area contributed by atoms with Gasteiger partial charge in [0.25, 0.3) is 0 Å². The van der Waals surface area contributed by atoms with Gasteiger partial charge in [-0.1, -0.05) is 0 Å². The van der Waals surface area contributed by atoms with Crippen LogP contribution in [0, 0.1) is 6.92 Å². The number of nitrogen functional groups attached to an aromatic ring is 1. The Kier molecular flexibility index (Phi) is 4.24. The van der Waals surface area contributed by atoms with Crippen molar-refractivity contribution in [3.63, 3.8) is 0 Å². The molecule has 0 bridgehead atoms. The minimum atomic E-state index is -0.499. The zero-order valence-corrected chi connectivity index (χ0v) is 11.4. The summed E-state index contributed by atoms with van der Waals surface area (Å²) in [7, 11) is 0. The summed E-state index contributed by atoms with van der Waals surface area (Å²) in [4.78, 5) is 22.4. The van der Waals surface area contributed by atoms with Crippen LogP contribution in [0.25, 0.3) is 0 Å². The number of ether oxygens (including phenoxy) is 1. The molecule has 2 rings (SSSR count). The summed E-state index contributed by atoms with van der Waals surface area (Å²) < 4.78 is 10.9. The van der Waals surface area contributed by atoms with Crippen LogP contribution in [0.15, 0.2) is 34.7 Å². The zero-order valence-electron chi connectivity index (χ0n) is 11.4. The minimum Gasteiger partial charge on any atom is -0.486 e. The predicted octanol–water partition coefficient (Wildman–Crippen LogP) is 0.869. The molecule has 0 aliphatic rings. The van der Waals surface area contributed by atoms with Crippen molar-refractivity contribution in [2.45, 2.75) is 13.5 Å². The highest BCUT2D eigenvalue weighted by Crippen LogP contribution is 2.18. The molecule has 1 aromatic carbocycles. The third-order valence-corrected chi connectivity index (χ3v) is 2.83. The normalized spacial score (nSPS) is 10.2. The summed E-state index contributed by atoms with van der Waals surface area (Å²) in [5.74, 6) is 5.26. The summed E-state index contributed by atoms with van der Waals surface area (Å²) in [6, 6.07) is 8.09. The Bertz CT molecular complexity index is 661. The van der Waals surface area contributed by atoms with Gasteiger partial charge in [0.2, 0.25) is 5.91 Å². The Hall–Kier alpha value is -2.80. The predicted molar refractivity (Wildman–Crippen MR) is 74.4 cm³/mol. The van der Waals surface area contributed by atoms with Crippen LogP contribution in [-0.2, 0) is 6.61 Å². The van der Waals surface area contributed by atoms with Gasteiger partial charge in [0.15, 0.2) is 5.76 Å². The van der Waals surface area contributed by atoms with Gasteiger partial charge in [0.1, 0.15) is 18.1 Å². The van der Waals surface area contributed by atoms with Crippen LogP contribution in [0.3, 0.4) is 0 Å². The van der Waals surface area contributed by atoms with Gasteiger partial charge in [0, 0.05) is 11.1 Å². The molecule has 0 fully saturated rings. The maximum absolute atomic E-state index is 11.4. The smallest absolute Gasteiger partial charge is 0.301 e. The van der Waals surface area contributed by atoms with Crippen molar-refractivity contribution in [2.75, 3.05) is 0 Å². The van der Waals surface area contributed by atoms with Crippen LogP contribution in [0.4, 0.5) is 0 Å². The summed E-state index contributed by atoms with van der Waals surface area (Å²) >= 11 is 0. The van der Waals surface area contributed by atoms with Crippen molar-refractivity contribution >= 4 is 11.8 Å². The molecule has 1 aromatic heterocycles. The quantitative estimate of drug-likeness (QED) is 0.428.